The topological polar surface area (TPSA) is 47.8 Å². The van der Waals surface area contributed by atoms with E-state index in [1.54, 1.807) is 10.8 Å². The van der Waals surface area contributed by atoms with E-state index in [1.165, 1.54) is 6.07 Å². The summed E-state index contributed by atoms with van der Waals surface area (Å²) in [5.41, 5.74) is 1.54. The van der Waals surface area contributed by atoms with Gasteiger partial charge in [0.05, 0.1) is 12.2 Å². The summed E-state index contributed by atoms with van der Waals surface area (Å²) in [4.78, 5) is 20.3. The number of nitrogens with zero attached hydrogens (tertiary/aromatic N) is 3. The standard InChI is InChI=1S/C12H12BrN3O/c1-8-5-12(17)16(9(2)15-8)7-11-4-3-10(13)6-14-11/h3-6H,7H2,1-2H3. The Bertz CT molecular complexity index is 590. The van der Waals surface area contributed by atoms with E-state index in [1.807, 2.05) is 26.0 Å². The van der Waals surface area contributed by atoms with Crippen molar-refractivity contribution in [3.63, 3.8) is 0 Å². The predicted octanol–water partition coefficient (Wildman–Crippen LogP) is 2.07. The van der Waals surface area contributed by atoms with E-state index in [0.717, 1.165) is 15.9 Å². The van der Waals surface area contributed by atoms with Crippen LogP contribution in [0, 0.1) is 13.8 Å². The molecule has 0 saturated heterocycles. The average Bonchev–Trinajstić information content (AvgIpc) is 2.26. The lowest BCUT2D eigenvalue weighted by Gasteiger charge is -2.08. The zero-order valence-electron chi connectivity index (χ0n) is 9.64. The molecule has 2 heterocycles. The number of rotatable bonds is 2. The van der Waals surface area contributed by atoms with Gasteiger partial charge in [0.1, 0.15) is 5.82 Å². The Morgan fingerprint density at radius 1 is 1.35 bits per heavy atom. The average molecular weight is 294 g/mol. The zero-order chi connectivity index (χ0) is 12.4. The first kappa shape index (κ1) is 12.0. The summed E-state index contributed by atoms with van der Waals surface area (Å²) in [7, 11) is 0. The van der Waals surface area contributed by atoms with Gasteiger partial charge in [-0.15, -0.1) is 0 Å². The number of aromatic nitrogens is 3. The smallest absolute Gasteiger partial charge is 0.254 e. The lowest BCUT2D eigenvalue weighted by molar-refractivity contribution is 0.681. The molecular formula is C12H12BrN3O. The molecule has 2 rings (SSSR count). The number of pyridine rings is 1. The van der Waals surface area contributed by atoms with Gasteiger partial charge in [0.25, 0.3) is 5.56 Å². The van der Waals surface area contributed by atoms with Crippen LogP contribution in [0.5, 0.6) is 0 Å². The molecule has 0 aliphatic rings. The van der Waals surface area contributed by atoms with Gasteiger partial charge in [-0.2, -0.15) is 0 Å². The third kappa shape index (κ3) is 2.79. The van der Waals surface area contributed by atoms with Crippen LogP contribution in [0.4, 0.5) is 0 Å². The van der Waals surface area contributed by atoms with Crippen molar-refractivity contribution in [2.24, 2.45) is 0 Å². The van der Waals surface area contributed by atoms with Crippen LogP contribution < -0.4 is 5.56 Å². The highest BCUT2D eigenvalue weighted by Gasteiger charge is 2.04. The van der Waals surface area contributed by atoms with Crippen LogP contribution in [-0.2, 0) is 6.54 Å². The minimum Gasteiger partial charge on any atom is -0.291 e. The van der Waals surface area contributed by atoms with Gasteiger partial charge in [0.2, 0.25) is 0 Å². The Morgan fingerprint density at radius 2 is 2.12 bits per heavy atom. The number of halogens is 1. The molecule has 0 atom stereocenters. The maximum absolute atomic E-state index is 11.8. The molecule has 0 fully saturated rings. The Labute approximate surface area is 107 Å². The summed E-state index contributed by atoms with van der Waals surface area (Å²) in [6.45, 7) is 4.09. The van der Waals surface area contributed by atoms with E-state index in [-0.39, 0.29) is 5.56 Å². The molecule has 0 saturated carbocycles. The second kappa shape index (κ2) is 4.79. The van der Waals surface area contributed by atoms with Crippen molar-refractivity contribution >= 4 is 15.9 Å². The molecule has 0 bridgehead atoms. The highest BCUT2D eigenvalue weighted by molar-refractivity contribution is 9.10. The minimum atomic E-state index is -0.0419. The third-order valence-electron chi connectivity index (χ3n) is 2.44. The van der Waals surface area contributed by atoms with E-state index in [9.17, 15) is 4.79 Å². The highest BCUT2D eigenvalue weighted by atomic mass is 79.9. The van der Waals surface area contributed by atoms with E-state index in [4.69, 9.17) is 0 Å². The lowest BCUT2D eigenvalue weighted by atomic mass is 10.3. The van der Waals surface area contributed by atoms with Gasteiger partial charge in [0, 0.05) is 22.4 Å². The summed E-state index contributed by atoms with van der Waals surface area (Å²) >= 11 is 3.33. The van der Waals surface area contributed by atoms with E-state index < -0.39 is 0 Å². The summed E-state index contributed by atoms with van der Waals surface area (Å²) in [5, 5.41) is 0. The first-order chi connectivity index (χ1) is 8.06. The summed E-state index contributed by atoms with van der Waals surface area (Å²) in [6, 6.07) is 5.33. The lowest BCUT2D eigenvalue weighted by Crippen LogP contribution is -2.24. The van der Waals surface area contributed by atoms with E-state index in [2.05, 4.69) is 25.9 Å². The zero-order valence-corrected chi connectivity index (χ0v) is 11.2. The molecule has 88 valence electrons. The molecule has 5 heteroatoms. The predicted molar refractivity (Wildman–Crippen MR) is 69.0 cm³/mol. The summed E-state index contributed by atoms with van der Waals surface area (Å²) in [6.07, 6.45) is 1.72. The second-order valence-electron chi connectivity index (χ2n) is 3.84. The summed E-state index contributed by atoms with van der Waals surface area (Å²) in [5.74, 6) is 0.708. The quantitative estimate of drug-likeness (QED) is 0.852. The van der Waals surface area contributed by atoms with Crippen LogP contribution in [0.15, 0.2) is 33.7 Å². The molecule has 0 spiro atoms. The molecule has 0 aliphatic heterocycles. The van der Waals surface area contributed by atoms with Crippen LogP contribution in [-0.4, -0.2) is 14.5 Å². The molecule has 0 aliphatic carbocycles. The maximum Gasteiger partial charge on any atom is 0.254 e. The number of hydrogen-bond acceptors (Lipinski definition) is 3. The minimum absolute atomic E-state index is 0.0419. The molecule has 0 aromatic carbocycles. The van der Waals surface area contributed by atoms with Crippen molar-refractivity contribution in [2.75, 3.05) is 0 Å². The molecule has 2 aromatic heterocycles. The number of hydrogen-bond donors (Lipinski definition) is 0. The van der Waals surface area contributed by atoms with Crippen molar-refractivity contribution in [1.29, 1.82) is 0 Å². The highest BCUT2D eigenvalue weighted by Crippen LogP contribution is 2.08. The van der Waals surface area contributed by atoms with Crippen LogP contribution in [0.3, 0.4) is 0 Å². The number of aryl methyl sites for hydroxylation is 2. The molecule has 2 aromatic rings. The Hall–Kier alpha value is -1.49. The molecular weight excluding hydrogens is 282 g/mol. The molecule has 0 N–H and O–H groups in total. The first-order valence-corrected chi connectivity index (χ1v) is 6.01. The van der Waals surface area contributed by atoms with Gasteiger partial charge in [-0.3, -0.25) is 14.3 Å². The Balaban J connectivity index is 2.36. The summed E-state index contributed by atoms with van der Waals surface area (Å²) < 4.78 is 2.54. The Morgan fingerprint density at radius 3 is 2.71 bits per heavy atom. The molecule has 0 amide bonds. The van der Waals surface area contributed by atoms with Crippen LogP contribution in [0.25, 0.3) is 0 Å². The molecule has 0 radical (unpaired) electrons. The second-order valence-corrected chi connectivity index (χ2v) is 4.75. The fraction of sp³-hybridized carbons (Fsp3) is 0.250. The fourth-order valence-electron chi connectivity index (χ4n) is 1.62. The van der Waals surface area contributed by atoms with Crippen molar-refractivity contribution < 1.29 is 0 Å². The molecule has 17 heavy (non-hydrogen) atoms. The van der Waals surface area contributed by atoms with E-state index >= 15 is 0 Å². The largest absolute Gasteiger partial charge is 0.291 e. The van der Waals surface area contributed by atoms with Gasteiger partial charge >= 0.3 is 0 Å². The molecule has 4 nitrogen and oxygen atoms in total. The van der Waals surface area contributed by atoms with Crippen molar-refractivity contribution in [2.45, 2.75) is 20.4 Å². The monoisotopic (exact) mass is 293 g/mol. The van der Waals surface area contributed by atoms with Crippen LogP contribution >= 0.6 is 15.9 Å². The van der Waals surface area contributed by atoms with Gasteiger partial charge in [-0.1, -0.05) is 0 Å². The SMILES string of the molecule is Cc1cc(=O)n(Cc2ccc(Br)cn2)c(C)n1. The van der Waals surface area contributed by atoms with Gasteiger partial charge in [-0.05, 0) is 41.9 Å². The van der Waals surface area contributed by atoms with Gasteiger partial charge in [-0.25, -0.2) is 4.98 Å². The van der Waals surface area contributed by atoms with Crippen LogP contribution in [0.2, 0.25) is 0 Å². The first-order valence-electron chi connectivity index (χ1n) is 5.22. The third-order valence-corrected chi connectivity index (χ3v) is 2.91. The van der Waals surface area contributed by atoms with E-state index in [0.29, 0.717) is 12.4 Å². The maximum atomic E-state index is 11.8. The van der Waals surface area contributed by atoms with Gasteiger partial charge < -0.3 is 0 Å². The molecule has 0 unspecified atom stereocenters. The van der Waals surface area contributed by atoms with Crippen molar-refractivity contribution in [3.05, 3.63) is 56.4 Å². The fourth-order valence-corrected chi connectivity index (χ4v) is 1.85. The van der Waals surface area contributed by atoms with Crippen LogP contribution in [0.1, 0.15) is 17.2 Å². The Kier molecular flexibility index (Phi) is 3.38. The van der Waals surface area contributed by atoms with Gasteiger partial charge in [0.15, 0.2) is 0 Å². The normalized spacial score (nSPS) is 10.5. The van der Waals surface area contributed by atoms with Crippen molar-refractivity contribution in [1.82, 2.24) is 14.5 Å². The van der Waals surface area contributed by atoms with Crippen molar-refractivity contribution in [3.8, 4) is 0 Å².